The summed E-state index contributed by atoms with van der Waals surface area (Å²) >= 11 is 3.26. The number of rotatable bonds is 8. The van der Waals surface area contributed by atoms with Crippen LogP contribution in [0.15, 0.2) is 64.0 Å². The lowest BCUT2D eigenvalue weighted by Crippen LogP contribution is -2.49. The number of carbonyl (C=O) groups excluding carboxylic acids is 1. The van der Waals surface area contributed by atoms with Crippen LogP contribution >= 0.6 is 15.9 Å². The number of amides is 1. The van der Waals surface area contributed by atoms with E-state index < -0.39 is 22.0 Å². The summed E-state index contributed by atoms with van der Waals surface area (Å²) in [5, 5.41) is 0. The second-order valence-electron chi connectivity index (χ2n) is 6.04. The van der Waals surface area contributed by atoms with Gasteiger partial charge in [-0.25, -0.2) is 13.9 Å². The summed E-state index contributed by atoms with van der Waals surface area (Å²) in [6, 6.07) is 14.6. The normalized spacial score (nSPS) is 12.8. The zero-order valence-corrected chi connectivity index (χ0v) is 16.9. The van der Waals surface area contributed by atoms with Crippen molar-refractivity contribution in [3.05, 3.63) is 64.6 Å². The van der Waals surface area contributed by atoms with Crippen LogP contribution in [-0.4, -0.2) is 20.4 Å². The third-order valence-electron chi connectivity index (χ3n) is 3.61. The van der Waals surface area contributed by atoms with Crippen LogP contribution < -0.4 is 10.2 Å². The maximum Gasteiger partial charge on any atom is 0.261 e. The lowest BCUT2D eigenvalue weighted by atomic mass is 10.1. The van der Waals surface area contributed by atoms with E-state index in [9.17, 15) is 13.2 Å². The van der Waals surface area contributed by atoms with Crippen LogP contribution in [0.1, 0.15) is 19.4 Å². The molecule has 2 aromatic carbocycles. The summed E-state index contributed by atoms with van der Waals surface area (Å²) < 4.78 is 28.2. The van der Waals surface area contributed by atoms with E-state index in [0.717, 1.165) is 10.0 Å². The van der Waals surface area contributed by atoms with Gasteiger partial charge in [0.2, 0.25) is 10.0 Å². The van der Waals surface area contributed by atoms with Crippen LogP contribution in [0.4, 0.5) is 0 Å². The number of nitrogens with one attached hydrogen (secondary N) is 2. The fourth-order valence-corrected chi connectivity index (χ4v) is 3.78. The van der Waals surface area contributed by atoms with E-state index in [1.807, 2.05) is 30.3 Å². The minimum absolute atomic E-state index is 0.0874. The molecule has 2 N–H and O–H groups in total. The molecule has 26 heavy (non-hydrogen) atoms. The Morgan fingerprint density at radius 3 is 2.27 bits per heavy atom. The van der Waals surface area contributed by atoms with Gasteiger partial charge in [-0.3, -0.25) is 9.63 Å². The van der Waals surface area contributed by atoms with E-state index in [1.54, 1.807) is 26.0 Å². The fourth-order valence-electron chi connectivity index (χ4n) is 2.17. The number of carbonyl (C=O) groups is 1. The van der Waals surface area contributed by atoms with Gasteiger partial charge >= 0.3 is 0 Å². The van der Waals surface area contributed by atoms with Crippen molar-refractivity contribution >= 4 is 31.9 Å². The Labute approximate surface area is 162 Å². The Hall–Kier alpha value is -1.74. The van der Waals surface area contributed by atoms with E-state index in [0.29, 0.717) is 0 Å². The van der Waals surface area contributed by atoms with Crippen LogP contribution in [0.25, 0.3) is 0 Å². The van der Waals surface area contributed by atoms with Crippen LogP contribution in [0.2, 0.25) is 0 Å². The van der Waals surface area contributed by atoms with Gasteiger partial charge in [-0.2, -0.15) is 4.72 Å². The Morgan fingerprint density at radius 2 is 1.69 bits per heavy atom. The first-order valence-corrected chi connectivity index (χ1v) is 10.3. The largest absolute Gasteiger partial charge is 0.271 e. The highest BCUT2D eigenvalue weighted by molar-refractivity contribution is 9.10. The smallest absolute Gasteiger partial charge is 0.261 e. The minimum Gasteiger partial charge on any atom is -0.271 e. The van der Waals surface area contributed by atoms with Gasteiger partial charge in [0.25, 0.3) is 5.91 Å². The second-order valence-corrected chi connectivity index (χ2v) is 8.67. The average Bonchev–Trinajstić information content (AvgIpc) is 2.60. The van der Waals surface area contributed by atoms with Crippen molar-refractivity contribution in [3.63, 3.8) is 0 Å². The van der Waals surface area contributed by atoms with Crippen molar-refractivity contribution in [2.75, 3.05) is 0 Å². The molecule has 0 saturated carbocycles. The predicted molar refractivity (Wildman–Crippen MR) is 102 cm³/mol. The molecule has 1 amide bonds. The average molecular weight is 441 g/mol. The van der Waals surface area contributed by atoms with Crippen LogP contribution in [0, 0.1) is 5.92 Å². The molecular weight excluding hydrogens is 420 g/mol. The Balaban J connectivity index is 2.00. The second kappa shape index (κ2) is 9.27. The molecule has 0 fully saturated rings. The molecule has 2 aromatic rings. The molecule has 0 aliphatic heterocycles. The monoisotopic (exact) mass is 440 g/mol. The molecular formula is C18H21BrN2O4S. The molecule has 0 spiro atoms. The van der Waals surface area contributed by atoms with Crippen LogP contribution in [0.3, 0.4) is 0 Å². The van der Waals surface area contributed by atoms with Crippen molar-refractivity contribution in [2.24, 2.45) is 5.92 Å². The zero-order valence-electron chi connectivity index (χ0n) is 14.5. The van der Waals surface area contributed by atoms with Gasteiger partial charge in [-0.1, -0.05) is 60.1 Å². The van der Waals surface area contributed by atoms with Crippen molar-refractivity contribution in [2.45, 2.75) is 31.4 Å². The lowest BCUT2D eigenvalue weighted by molar-refractivity contribution is -0.137. The van der Waals surface area contributed by atoms with Crippen molar-refractivity contribution in [1.82, 2.24) is 10.2 Å². The highest BCUT2D eigenvalue weighted by Gasteiger charge is 2.28. The number of benzene rings is 2. The fraction of sp³-hybridized carbons (Fsp3) is 0.278. The number of sulfonamides is 1. The van der Waals surface area contributed by atoms with Crippen LogP contribution in [0.5, 0.6) is 0 Å². The first-order valence-electron chi connectivity index (χ1n) is 8.03. The third kappa shape index (κ3) is 5.91. The van der Waals surface area contributed by atoms with E-state index in [4.69, 9.17) is 4.84 Å². The maximum atomic E-state index is 12.5. The van der Waals surface area contributed by atoms with Gasteiger partial charge in [-0.05, 0) is 35.7 Å². The predicted octanol–water partition coefficient (Wildman–Crippen LogP) is 3.00. The summed E-state index contributed by atoms with van der Waals surface area (Å²) in [6.07, 6.45) is 0. The van der Waals surface area contributed by atoms with E-state index >= 15 is 0 Å². The van der Waals surface area contributed by atoms with E-state index in [2.05, 4.69) is 26.1 Å². The molecule has 0 bridgehead atoms. The quantitative estimate of drug-likeness (QED) is 0.617. The first kappa shape index (κ1) is 20.6. The first-order chi connectivity index (χ1) is 12.3. The Kier molecular flexibility index (Phi) is 7.33. The lowest BCUT2D eigenvalue weighted by Gasteiger charge is -2.21. The van der Waals surface area contributed by atoms with Gasteiger partial charge in [0.1, 0.15) is 6.04 Å². The molecule has 0 aliphatic carbocycles. The number of hydrogen-bond acceptors (Lipinski definition) is 4. The maximum absolute atomic E-state index is 12.5. The highest BCUT2D eigenvalue weighted by Crippen LogP contribution is 2.16. The van der Waals surface area contributed by atoms with Gasteiger partial charge in [-0.15, -0.1) is 0 Å². The molecule has 1 atom stereocenters. The zero-order chi connectivity index (χ0) is 19.2. The standard InChI is InChI=1S/C18H21BrN2O4S/c1-13(2)17(18(22)20-25-12-14-6-4-3-5-7-14)21-26(23,24)16-10-8-15(19)9-11-16/h3-11,13,17,21H,12H2,1-2H3,(H,20,22)/t17-/m0/s1. The molecule has 0 heterocycles. The molecule has 8 heteroatoms. The Morgan fingerprint density at radius 1 is 1.08 bits per heavy atom. The topological polar surface area (TPSA) is 84.5 Å². The van der Waals surface area contributed by atoms with Gasteiger partial charge in [0.15, 0.2) is 0 Å². The van der Waals surface area contributed by atoms with Crippen molar-refractivity contribution in [1.29, 1.82) is 0 Å². The third-order valence-corrected chi connectivity index (χ3v) is 5.60. The van der Waals surface area contributed by atoms with Gasteiger partial charge < -0.3 is 0 Å². The van der Waals surface area contributed by atoms with E-state index in [-0.39, 0.29) is 17.4 Å². The van der Waals surface area contributed by atoms with Crippen LogP contribution in [-0.2, 0) is 26.3 Å². The number of halogens is 1. The summed E-state index contributed by atoms with van der Waals surface area (Å²) in [6.45, 7) is 3.70. The minimum atomic E-state index is -3.83. The molecule has 0 aromatic heterocycles. The highest BCUT2D eigenvalue weighted by atomic mass is 79.9. The Bertz CT molecular complexity index is 824. The summed E-state index contributed by atoms with van der Waals surface area (Å²) in [4.78, 5) is 17.7. The van der Waals surface area contributed by atoms with Crippen molar-refractivity contribution < 1.29 is 18.0 Å². The molecule has 140 valence electrons. The molecule has 0 aliphatic rings. The number of hydrogen-bond donors (Lipinski definition) is 2. The number of hydroxylamine groups is 1. The molecule has 2 rings (SSSR count). The molecule has 0 unspecified atom stereocenters. The summed E-state index contributed by atoms with van der Waals surface area (Å²) in [7, 11) is -3.83. The summed E-state index contributed by atoms with van der Waals surface area (Å²) in [5.41, 5.74) is 3.22. The van der Waals surface area contributed by atoms with Gasteiger partial charge in [0.05, 0.1) is 11.5 Å². The SMILES string of the molecule is CC(C)[C@H](NS(=O)(=O)c1ccc(Br)cc1)C(=O)NOCc1ccccc1. The van der Waals surface area contributed by atoms with E-state index in [1.165, 1.54) is 12.1 Å². The van der Waals surface area contributed by atoms with Gasteiger partial charge in [0, 0.05) is 4.47 Å². The molecule has 6 nitrogen and oxygen atoms in total. The molecule has 0 radical (unpaired) electrons. The summed E-state index contributed by atoms with van der Waals surface area (Å²) in [5.74, 6) is -0.808. The molecule has 0 saturated heterocycles. The van der Waals surface area contributed by atoms with Crippen molar-refractivity contribution in [3.8, 4) is 0 Å².